The van der Waals surface area contributed by atoms with Crippen molar-refractivity contribution in [3.63, 3.8) is 0 Å². The second kappa shape index (κ2) is 7.04. The molecule has 1 saturated carbocycles. The van der Waals surface area contributed by atoms with E-state index in [2.05, 4.69) is 24.0 Å². The van der Waals surface area contributed by atoms with Gasteiger partial charge in [-0.3, -0.25) is 4.90 Å². The fourth-order valence-electron chi connectivity index (χ4n) is 2.95. The molecule has 0 amide bonds. The van der Waals surface area contributed by atoms with Crippen LogP contribution in [0.4, 0.5) is 0 Å². The van der Waals surface area contributed by atoms with Gasteiger partial charge in [-0.1, -0.05) is 31.2 Å². The molecule has 0 bridgehead atoms. The van der Waals surface area contributed by atoms with E-state index in [0.29, 0.717) is 12.1 Å². The van der Waals surface area contributed by atoms with Crippen molar-refractivity contribution in [3.8, 4) is 0 Å². The van der Waals surface area contributed by atoms with Crippen LogP contribution in [-0.2, 0) is 13.2 Å². The maximum Gasteiger partial charge on any atom is 0.0681 e. The van der Waals surface area contributed by atoms with Crippen LogP contribution in [0.5, 0.6) is 0 Å². The van der Waals surface area contributed by atoms with Gasteiger partial charge in [0.15, 0.2) is 0 Å². The first-order valence-corrected chi connectivity index (χ1v) is 7.41. The third-order valence-corrected chi connectivity index (χ3v) is 4.26. The molecule has 0 heterocycles. The van der Waals surface area contributed by atoms with E-state index < -0.39 is 0 Å². The van der Waals surface area contributed by atoms with Crippen molar-refractivity contribution in [1.82, 2.24) is 4.90 Å². The molecule has 0 spiro atoms. The van der Waals surface area contributed by atoms with Crippen LogP contribution in [0.2, 0.25) is 0 Å². The Labute approximate surface area is 116 Å². The van der Waals surface area contributed by atoms with Crippen LogP contribution in [0.15, 0.2) is 24.3 Å². The molecular weight excluding hydrogens is 236 g/mol. The molecule has 3 N–H and O–H groups in total. The van der Waals surface area contributed by atoms with Gasteiger partial charge in [-0.15, -0.1) is 0 Å². The van der Waals surface area contributed by atoms with E-state index >= 15 is 0 Å². The standard InChI is InChI=1S/C16H26N2O/c1-2-18(16-9-7-15(17)8-10-16)11-13-3-5-14(12-19)6-4-13/h3-6,15-16,19H,2,7-12,17H2,1H3. The quantitative estimate of drug-likeness (QED) is 0.856. The lowest BCUT2D eigenvalue weighted by Crippen LogP contribution is -2.40. The fourth-order valence-corrected chi connectivity index (χ4v) is 2.95. The van der Waals surface area contributed by atoms with Crippen molar-refractivity contribution in [3.05, 3.63) is 35.4 Å². The van der Waals surface area contributed by atoms with Crippen molar-refractivity contribution >= 4 is 0 Å². The Morgan fingerprint density at radius 3 is 2.21 bits per heavy atom. The van der Waals surface area contributed by atoms with Crippen LogP contribution >= 0.6 is 0 Å². The van der Waals surface area contributed by atoms with Crippen molar-refractivity contribution in [2.24, 2.45) is 5.73 Å². The van der Waals surface area contributed by atoms with Gasteiger partial charge in [-0.2, -0.15) is 0 Å². The number of benzene rings is 1. The zero-order chi connectivity index (χ0) is 13.7. The summed E-state index contributed by atoms with van der Waals surface area (Å²) in [6.45, 7) is 4.44. The molecule has 0 atom stereocenters. The highest BCUT2D eigenvalue weighted by Gasteiger charge is 2.23. The molecule has 0 saturated heterocycles. The molecule has 1 aromatic rings. The highest BCUT2D eigenvalue weighted by molar-refractivity contribution is 5.22. The summed E-state index contributed by atoms with van der Waals surface area (Å²) in [5, 5.41) is 9.06. The monoisotopic (exact) mass is 262 g/mol. The second-order valence-corrected chi connectivity index (χ2v) is 5.61. The Balaban J connectivity index is 1.94. The lowest BCUT2D eigenvalue weighted by molar-refractivity contribution is 0.149. The Kier molecular flexibility index (Phi) is 5.37. The van der Waals surface area contributed by atoms with Crippen molar-refractivity contribution in [1.29, 1.82) is 0 Å². The lowest BCUT2D eigenvalue weighted by Gasteiger charge is -2.35. The Hall–Kier alpha value is -0.900. The average molecular weight is 262 g/mol. The largest absolute Gasteiger partial charge is 0.392 e. The van der Waals surface area contributed by atoms with E-state index in [4.69, 9.17) is 10.8 Å². The van der Waals surface area contributed by atoms with Crippen LogP contribution < -0.4 is 5.73 Å². The number of rotatable bonds is 5. The molecule has 19 heavy (non-hydrogen) atoms. The first kappa shape index (κ1) is 14.5. The molecule has 2 rings (SSSR count). The third kappa shape index (κ3) is 4.03. The van der Waals surface area contributed by atoms with E-state index in [-0.39, 0.29) is 6.61 Å². The number of nitrogens with two attached hydrogens (primary N) is 1. The molecule has 1 aromatic carbocycles. The van der Waals surface area contributed by atoms with Crippen molar-refractivity contribution in [2.75, 3.05) is 6.54 Å². The Morgan fingerprint density at radius 2 is 1.68 bits per heavy atom. The minimum Gasteiger partial charge on any atom is -0.392 e. The van der Waals surface area contributed by atoms with E-state index in [1.807, 2.05) is 12.1 Å². The van der Waals surface area contributed by atoms with Crippen molar-refractivity contribution in [2.45, 2.75) is 57.8 Å². The minimum absolute atomic E-state index is 0.123. The van der Waals surface area contributed by atoms with Crippen LogP contribution in [0, 0.1) is 0 Å². The average Bonchev–Trinajstić information content (AvgIpc) is 2.46. The van der Waals surface area contributed by atoms with Gasteiger partial charge in [0.1, 0.15) is 0 Å². The van der Waals surface area contributed by atoms with E-state index in [0.717, 1.165) is 31.5 Å². The number of nitrogens with zero attached hydrogens (tertiary/aromatic N) is 1. The van der Waals surface area contributed by atoms with Gasteiger partial charge in [0.25, 0.3) is 0 Å². The van der Waals surface area contributed by atoms with Gasteiger partial charge in [0.2, 0.25) is 0 Å². The number of hydrogen-bond donors (Lipinski definition) is 2. The van der Waals surface area contributed by atoms with Gasteiger partial charge in [0.05, 0.1) is 6.61 Å². The summed E-state index contributed by atoms with van der Waals surface area (Å²) in [5.74, 6) is 0. The molecular formula is C16H26N2O. The summed E-state index contributed by atoms with van der Waals surface area (Å²) in [7, 11) is 0. The molecule has 1 aliphatic carbocycles. The molecule has 0 aliphatic heterocycles. The second-order valence-electron chi connectivity index (χ2n) is 5.61. The minimum atomic E-state index is 0.123. The van der Waals surface area contributed by atoms with Crippen LogP contribution in [-0.4, -0.2) is 28.6 Å². The molecule has 106 valence electrons. The highest BCUT2D eigenvalue weighted by atomic mass is 16.3. The summed E-state index contributed by atoms with van der Waals surface area (Å²) in [5.41, 5.74) is 8.29. The Bertz CT molecular complexity index is 369. The number of aliphatic hydroxyl groups excluding tert-OH is 1. The molecule has 1 aliphatic rings. The summed E-state index contributed by atoms with van der Waals surface area (Å²) in [6.07, 6.45) is 4.77. The maximum absolute atomic E-state index is 9.06. The highest BCUT2D eigenvalue weighted by Crippen LogP contribution is 2.23. The maximum atomic E-state index is 9.06. The van der Waals surface area contributed by atoms with Gasteiger partial charge < -0.3 is 10.8 Å². The molecule has 1 fully saturated rings. The van der Waals surface area contributed by atoms with E-state index in [1.54, 1.807) is 0 Å². The SMILES string of the molecule is CCN(Cc1ccc(CO)cc1)C1CCC(N)CC1. The van der Waals surface area contributed by atoms with Gasteiger partial charge in [-0.05, 0) is 43.4 Å². The summed E-state index contributed by atoms with van der Waals surface area (Å²) >= 11 is 0. The predicted molar refractivity (Wildman–Crippen MR) is 78.7 cm³/mol. The van der Waals surface area contributed by atoms with Crippen LogP contribution in [0.1, 0.15) is 43.7 Å². The number of hydrogen-bond acceptors (Lipinski definition) is 3. The van der Waals surface area contributed by atoms with Crippen LogP contribution in [0.3, 0.4) is 0 Å². The molecule has 3 heteroatoms. The Morgan fingerprint density at radius 1 is 1.11 bits per heavy atom. The summed E-state index contributed by atoms with van der Waals surface area (Å²) in [4.78, 5) is 2.56. The first-order chi connectivity index (χ1) is 9.22. The zero-order valence-electron chi connectivity index (χ0n) is 11.9. The van der Waals surface area contributed by atoms with E-state index in [9.17, 15) is 0 Å². The predicted octanol–water partition coefficient (Wildman–Crippen LogP) is 2.27. The third-order valence-electron chi connectivity index (χ3n) is 4.26. The molecule has 0 aromatic heterocycles. The summed E-state index contributed by atoms with van der Waals surface area (Å²) in [6, 6.07) is 9.38. The van der Waals surface area contributed by atoms with Crippen LogP contribution in [0.25, 0.3) is 0 Å². The van der Waals surface area contributed by atoms with Crippen molar-refractivity contribution < 1.29 is 5.11 Å². The smallest absolute Gasteiger partial charge is 0.0681 e. The van der Waals surface area contributed by atoms with Gasteiger partial charge in [-0.25, -0.2) is 0 Å². The van der Waals surface area contributed by atoms with Gasteiger partial charge >= 0.3 is 0 Å². The molecule has 0 radical (unpaired) electrons. The topological polar surface area (TPSA) is 49.5 Å². The normalized spacial score (nSPS) is 23.8. The lowest BCUT2D eigenvalue weighted by atomic mass is 9.90. The first-order valence-electron chi connectivity index (χ1n) is 7.41. The van der Waals surface area contributed by atoms with E-state index in [1.165, 1.54) is 18.4 Å². The number of aliphatic hydroxyl groups is 1. The summed E-state index contributed by atoms with van der Waals surface area (Å²) < 4.78 is 0. The van der Waals surface area contributed by atoms with Gasteiger partial charge in [0, 0.05) is 18.6 Å². The zero-order valence-corrected chi connectivity index (χ0v) is 11.9. The fraction of sp³-hybridized carbons (Fsp3) is 0.625. The molecule has 0 unspecified atom stereocenters. The molecule has 3 nitrogen and oxygen atoms in total.